The molecular weight excluding hydrogens is 306 g/mol. The van der Waals surface area contributed by atoms with Crippen LogP contribution in [0.15, 0.2) is 24.3 Å². The van der Waals surface area contributed by atoms with Gasteiger partial charge in [-0.05, 0) is 51.0 Å². The molecule has 6 heteroatoms. The lowest BCUT2D eigenvalue weighted by atomic mass is 10.0. The molecule has 0 spiro atoms. The van der Waals surface area contributed by atoms with Gasteiger partial charge in [0.25, 0.3) is 5.91 Å². The van der Waals surface area contributed by atoms with E-state index < -0.39 is 6.09 Å². The van der Waals surface area contributed by atoms with Gasteiger partial charge < -0.3 is 19.9 Å². The van der Waals surface area contributed by atoms with Gasteiger partial charge >= 0.3 is 6.09 Å². The molecule has 132 valence electrons. The number of piperidine rings is 1. The maximum atomic E-state index is 12.7. The second-order valence-electron chi connectivity index (χ2n) is 6.02. The minimum absolute atomic E-state index is 0.0102. The van der Waals surface area contributed by atoms with Gasteiger partial charge in [0.15, 0.2) is 0 Å². The van der Waals surface area contributed by atoms with Crippen molar-refractivity contribution in [3.8, 4) is 0 Å². The third kappa shape index (κ3) is 4.63. The summed E-state index contributed by atoms with van der Waals surface area (Å²) in [7, 11) is 2.02. The van der Waals surface area contributed by atoms with Gasteiger partial charge in [-0.15, -0.1) is 0 Å². The fraction of sp³-hybridized carbons (Fsp3) is 0.556. The molecule has 1 fully saturated rings. The van der Waals surface area contributed by atoms with E-state index in [-0.39, 0.29) is 11.9 Å². The third-order valence-corrected chi connectivity index (χ3v) is 4.34. The maximum absolute atomic E-state index is 12.7. The molecule has 0 saturated carbocycles. The van der Waals surface area contributed by atoms with Crippen molar-refractivity contribution in [3.63, 3.8) is 0 Å². The molecule has 0 radical (unpaired) electrons. The lowest BCUT2D eigenvalue weighted by Gasteiger charge is -2.33. The number of amides is 2. The number of carbonyl (C=O) groups is 2. The number of ether oxygens (including phenoxy) is 1. The molecule has 1 N–H and O–H groups in total. The first kappa shape index (κ1) is 18.1. The van der Waals surface area contributed by atoms with Crippen molar-refractivity contribution in [1.29, 1.82) is 0 Å². The zero-order valence-electron chi connectivity index (χ0n) is 14.7. The summed E-state index contributed by atoms with van der Waals surface area (Å²) >= 11 is 0. The number of carbonyl (C=O) groups excluding carboxylic acids is 2. The molecule has 1 saturated heterocycles. The van der Waals surface area contributed by atoms with Crippen LogP contribution in [0.3, 0.4) is 0 Å². The Bertz CT molecular complexity index is 559. The number of hydrogen-bond acceptors (Lipinski definition) is 4. The fourth-order valence-corrected chi connectivity index (χ4v) is 2.84. The Morgan fingerprint density at radius 2 is 2.00 bits per heavy atom. The van der Waals surface area contributed by atoms with Crippen molar-refractivity contribution >= 4 is 17.7 Å². The smallest absolute Gasteiger partial charge is 0.407 e. The highest BCUT2D eigenvalue weighted by molar-refractivity contribution is 5.94. The average Bonchev–Trinajstić information content (AvgIpc) is 2.61. The predicted molar refractivity (Wildman–Crippen MR) is 94.5 cm³/mol. The van der Waals surface area contributed by atoms with E-state index in [1.807, 2.05) is 31.3 Å². The number of alkyl carbamates (subject to hydrolysis) is 1. The SMILES string of the molecule is CCOC(=O)N[C@H]1CCCN(C(=O)c2ccc(N(C)CC)cc2)C1. The van der Waals surface area contributed by atoms with E-state index in [4.69, 9.17) is 4.74 Å². The summed E-state index contributed by atoms with van der Waals surface area (Å²) in [5.74, 6) is 0.0102. The molecular formula is C18H27N3O3. The second kappa shape index (κ2) is 8.57. The Morgan fingerprint density at radius 3 is 2.62 bits per heavy atom. The van der Waals surface area contributed by atoms with E-state index in [2.05, 4.69) is 17.1 Å². The first-order valence-corrected chi connectivity index (χ1v) is 8.58. The quantitative estimate of drug-likeness (QED) is 0.899. The summed E-state index contributed by atoms with van der Waals surface area (Å²) in [5.41, 5.74) is 1.77. The van der Waals surface area contributed by atoms with Crippen LogP contribution >= 0.6 is 0 Å². The molecule has 0 aromatic heterocycles. The number of anilines is 1. The Labute approximate surface area is 143 Å². The number of rotatable bonds is 5. The maximum Gasteiger partial charge on any atom is 0.407 e. The largest absolute Gasteiger partial charge is 0.450 e. The van der Waals surface area contributed by atoms with E-state index in [1.54, 1.807) is 11.8 Å². The fourth-order valence-electron chi connectivity index (χ4n) is 2.84. The summed E-state index contributed by atoms with van der Waals surface area (Å²) in [6.45, 7) is 6.37. The van der Waals surface area contributed by atoms with Crippen molar-refractivity contribution in [3.05, 3.63) is 29.8 Å². The number of benzene rings is 1. The second-order valence-corrected chi connectivity index (χ2v) is 6.02. The van der Waals surface area contributed by atoms with E-state index in [1.165, 1.54) is 0 Å². The highest BCUT2D eigenvalue weighted by Gasteiger charge is 2.25. The zero-order valence-corrected chi connectivity index (χ0v) is 14.7. The van der Waals surface area contributed by atoms with Gasteiger partial charge in [-0.1, -0.05) is 0 Å². The van der Waals surface area contributed by atoms with E-state index >= 15 is 0 Å². The lowest BCUT2D eigenvalue weighted by Crippen LogP contribution is -2.49. The Kier molecular flexibility index (Phi) is 6.46. The summed E-state index contributed by atoms with van der Waals surface area (Å²) in [6, 6.07) is 7.62. The van der Waals surface area contributed by atoms with Gasteiger partial charge in [-0.2, -0.15) is 0 Å². The molecule has 1 aliphatic rings. The van der Waals surface area contributed by atoms with Crippen LogP contribution in [-0.2, 0) is 4.74 Å². The summed E-state index contributed by atoms with van der Waals surface area (Å²) in [6.07, 6.45) is 1.33. The minimum Gasteiger partial charge on any atom is -0.450 e. The number of likely N-dealkylation sites (tertiary alicyclic amines) is 1. The van der Waals surface area contributed by atoms with Crippen LogP contribution < -0.4 is 10.2 Å². The normalized spacial score (nSPS) is 17.3. The summed E-state index contributed by atoms with van der Waals surface area (Å²) in [5, 5.41) is 2.83. The first-order valence-electron chi connectivity index (χ1n) is 8.58. The van der Waals surface area contributed by atoms with Crippen molar-refractivity contribution in [2.24, 2.45) is 0 Å². The number of nitrogens with zero attached hydrogens (tertiary/aromatic N) is 2. The van der Waals surface area contributed by atoms with Gasteiger partial charge in [-0.3, -0.25) is 4.79 Å². The molecule has 1 aliphatic heterocycles. The lowest BCUT2D eigenvalue weighted by molar-refractivity contribution is 0.0686. The van der Waals surface area contributed by atoms with Crippen LogP contribution in [0.2, 0.25) is 0 Å². The highest BCUT2D eigenvalue weighted by atomic mass is 16.5. The number of nitrogens with one attached hydrogen (secondary N) is 1. The molecule has 1 aromatic rings. The molecule has 0 bridgehead atoms. The highest BCUT2D eigenvalue weighted by Crippen LogP contribution is 2.17. The third-order valence-electron chi connectivity index (χ3n) is 4.34. The van der Waals surface area contributed by atoms with Crippen LogP contribution in [0.25, 0.3) is 0 Å². The zero-order chi connectivity index (χ0) is 17.5. The van der Waals surface area contributed by atoms with Gasteiger partial charge in [0.2, 0.25) is 0 Å². The van der Waals surface area contributed by atoms with Crippen LogP contribution in [0.4, 0.5) is 10.5 Å². The van der Waals surface area contributed by atoms with Crippen LogP contribution in [-0.4, -0.2) is 56.2 Å². The van der Waals surface area contributed by atoms with Gasteiger partial charge in [-0.25, -0.2) is 4.79 Å². The molecule has 0 unspecified atom stereocenters. The molecule has 6 nitrogen and oxygen atoms in total. The van der Waals surface area contributed by atoms with Gasteiger partial charge in [0, 0.05) is 44.0 Å². The molecule has 2 amide bonds. The Morgan fingerprint density at radius 1 is 1.29 bits per heavy atom. The first-order chi connectivity index (χ1) is 11.5. The molecule has 0 aliphatic carbocycles. The molecule has 2 rings (SSSR count). The Balaban J connectivity index is 1.97. The van der Waals surface area contributed by atoms with Gasteiger partial charge in [0.1, 0.15) is 0 Å². The molecule has 1 heterocycles. The van der Waals surface area contributed by atoms with Crippen LogP contribution in [0, 0.1) is 0 Å². The Hall–Kier alpha value is -2.24. The minimum atomic E-state index is -0.413. The van der Waals surface area contributed by atoms with Crippen molar-refractivity contribution in [2.45, 2.75) is 32.7 Å². The van der Waals surface area contributed by atoms with E-state index in [9.17, 15) is 9.59 Å². The standard InChI is InChI=1S/C18H27N3O3/c1-4-20(3)16-10-8-14(9-11-16)17(22)21-12-6-7-15(13-21)19-18(23)24-5-2/h8-11,15H,4-7,12-13H2,1-3H3,(H,19,23)/t15-/m0/s1. The van der Waals surface area contributed by atoms with Crippen molar-refractivity contribution in [2.75, 3.05) is 38.2 Å². The molecule has 1 aromatic carbocycles. The van der Waals surface area contributed by atoms with E-state index in [0.29, 0.717) is 18.7 Å². The van der Waals surface area contributed by atoms with Gasteiger partial charge in [0.05, 0.1) is 6.61 Å². The van der Waals surface area contributed by atoms with Crippen molar-refractivity contribution in [1.82, 2.24) is 10.2 Å². The molecule has 24 heavy (non-hydrogen) atoms. The monoisotopic (exact) mass is 333 g/mol. The molecule has 1 atom stereocenters. The summed E-state index contributed by atoms with van der Waals surface area (Å²) in [4.78, 5) is 28.1. The van der Waals surface area contributed by atoms with E-state index in [0.717, 1.165) is 31.6 Å². The average molecular weight is 333 g/mol. The van der Waals surface area contributed by atoms with Crippen LogP contribution in [0.1, 0.15) is 37.0 Å². The topological polar surface area (TPSA) is 61.9 Å². The van der Waals surface area contributed by atoms with Crippen LogP contribution in [0.5, 0.6) is 0 Å². The number of hydrogen-bond donors (Lipinski definition) is 1. The summed E-state index contributed by atoms with van der Waals surface area (Å²) < 4.78 is 4.91. The predicted octanol–water partition coefficient (Wildman–Crippen LogP) is 2.49. The van der Waals surface area contributed by atoms with Crippen molar-refractivity contribution < 1.29 is 14.3 Å².